The van der Waals surface area contributed by atoms with E-state index >= 15 is 0 Å². The fraction of sp³-hybridized carbons (Fsp3) is 0.636. The third-order valence-corrected chi connectivity index (χ3v) is 3.23. The highest BCUT2D eigenvalue weighted by Crippen LogP contribution is 2.28. The van der Waals surface area contributed by atoms with Gasteiger partial charge in [0.15, 0.2) is 6.23 Å². The van der Waals surface area contributed by atoms with Crippen LogP contribution in [0.25, 0.3) is 0 Å². The number of ether oxygens (including phenoxy) is 1. The van der Waals surface area contributed by atoms with Gasteiger partial charge in [0.05, 0.1) is 6.61 Å². The van der Waals surface area contributed by atoms with Crippen molar-refractivity contribution in [1.29, 1.82) is 0 Å². The molecule has 5 N–H and O–H groups in total. The molecule has 2 heterocycles. The zero-order valence-corrected chi connectivity index (χ0v) is 10.4. The highest BCUT2D eigenvalue weighted by Gasteiger charge is 2.43. The second-order valence-electron chi connectivity index (χ2n) is 4.42. The van der Waals surface area contributed by atoms with Crippen LogP contribution in [0.1, 0.15) is 18.7 Å². The van der Waals surface area contributed by atoms with Crippen molar-refractivity contribution < 1.29 is 20.1 Å². The van der Waals surface area contributed by atoms with Crippen LogP contribution in [0.4, 0.5) is 5.82 Å². The molecule has 1 saturated heterocycles. The minimum Gasteiger partial charge on any atom is -0.394 e. The maximum Gasteiger partial charge on any atom is 0.351 e. The number of aliphatic hydroxyl groups excluding tert-OH is 3. The van der Waals surface area contributed by atoms with Crippen molar-refractivity contribution in [1.82, 2.24) is 9.55 Å². The summed E-state index contributed by atoms with van der Waals surface area (Å²) < 4.78 is 6.36. The second-order valence-corrected chi connectivity index (χ2v) is 4.42. The first-order chi connectivity index (χ1) is 8.99. The van der Waals surface area contributed by atoms with E-state index in [0.717, 1.165) is 4.57 Å². The highest BCUT2D eigenvalue weighted by molar-refractivity contribution is 5.36. The number of nitrogens with two attached hydrogens (primary N) is 1. The van der Waals surface area contributed by atoms with E-state index in [1.165, 1.54) is 6.20 Å². The number of aliphatic hydroxyl groups is 3. The van der Waals surface area contributed by atoms with E-state index < -0.39 is 36.8 Å². The maximum absolute atomic E-state index is 11.8. The predicted molar refractivity (Wildman–Crippen MR) is 65.3 cm³/mol. The number of aromatic nitrogens is 2. The molecule has 1 aromatic heterocycles. The van der Waals surface area contributed by atoms with Crippen LogP contribution in [-0.4, -0.2) is 49.8 Å². The summed E-state index contributed by atoms with van der Waals surface area (Å²) in [5.41, 5.74) is 5.56. The zero-order valence-electron chi connectivity index (χ0n) is 10.4. The van der Waals surface area contributed by atoms with Crippen molar-refractivity contribution in [3.05, 3.63) is 22.2 Å². The molecule has 8 nitrogen and oxygen atoms in total. The number of nitrogen functional groups attached to an aromatic ring is 1. The largest absolute Gasteiger partial charge is 0.394 e. The molecule has 0 aromatic carbocycles. The summed E-state index contributed by atoms with van der Waals surface area (Å²) in [5.74, 6) is 0.135. The Labute approximate surface area is 109 Å². The van der Waals surface area contributed by atoms with E-state index in [-0.39, 0.29) is 5.82 Å². The van der Waals surface area contributed by atoms with Gasteiger partial charge in [0.2, 0.25) is 0 Å². The standard InChI is InChI=1S/C11H17N3O5/c1-2-5-3-14(11(18)13-9(5)12)10-8(17)7(16)6(4-15)19-10/h3,6-8,10,15-17H,2,4H2,1H3,(H2,12,13,18)/t6-,7+,8?,10-/m1/s1. The number of rotatable bonds is 3. The molecule has 19 heavy (non-hydrogen) atoms. The van der Waals surface area contributed by atoms with Crippen LogP contribution in [0.5, 0.6) is 0 Å². The van der Waals surface area contributed by atoms with Gasteiger partial charge in [0, 0.05) is 11.8 Å². The minimum absolute atomic E-state index is 0.135. The molecule has 2 rings (SSSR count). The predicted octanol–water partition coefficient (Wildman–Crippen LogP) is -2.00. The average Bonchev–Trinajstić information content (AvgIpc) is 2.67. The first kappa shape index (κ1) is 13.9. The molecule has 0 bridgehead atoms. The molecule has 1 aliphatic rings. The molecule has 106 valence electrons. The summed E-state index contributed by atoms with van der Waals surface area (Å²) >= 11 is 0. The van der Waals surface area contributed by atoms with Crippen LogP contribution < -0.4 is 11.4 Å². The SMILES string of the molecule is CCc1cn([C@@H]2O[C@H](CO)[C@H](O)C2O)c(=O)nc1N. The van der Waals surface area contributed by atoms with Gasteiger partial charge in [-0.25, -0.2) is 4.79 Å². The third kappa shape index (κ3) is 2.35. The summed E-state index contributed by atoms with van der Waals surface area (Å²) in [6, 6.07) is 0. The smallest absolute Gasteiger partial charge is 0.351 e. The van der Waals surface area contributed by atoms with E-state index in [1.807, 2.05) is 6.92 Å². The van der Waals surface area contributed by atoms with Crippen LogP contribution in [0.3, 0.4) is 0 Å². The Hall–Kier alpha value is -1.48. The van der Waals surface area contributed by atoms with Crippen LogP contribution in [-0.2, 0) is 11.2 Å². The van der Waals surface area contributed by atoms with Gasteiger partial charge in [-0.05, 0) is 6.42 Å². The van der Waals surface area contributed by atoms with Gasteiger partial charge in [-0.1, -0.05) is 6.92 Å². The molecule has 1 aromatic rings. The monoisotopic (exact) mass is 271 g/mol. The molecule has 0 saturated carbocycles. The third-order valence-electron chi connectivity index (χ3n) is 3.23. The second kappa shape index (κ2) is 5.25. The average molecular weight is 271 g/mol. The van der Waals surface area contributed by atoms with Crippen LogP contribution in [0.15, 0.2) is 11.0 Å². The summed E-state index contributed by atoms with van der Waals surface area (Å²) in [4.78, 5) is 15.4. The Morgan fingerprint density at radius 2 is 2.16 bits per heavy atom. The minimum atomic E-state index is -1.31. The van der Waals surface area contributed by atoms with Crippen molar-refractivity contribution in [2.45, 2.75) is 37.9 Å². The van der Waals surface area contributed by atoms with Crippen LogP contribution >= 0.6 is 0 Å². The summed E-state index contributed by atoms with van der Waals surface area (Å²) in [6.45, 7) is 1.39. The molecule has 0 spiro atoms. The van der Waals surface area contributed by atoms with Gasteiger partial charge in [-0.2, -0.15) is 4.98 Å². The Bertz CT molecular complexity index is 518. The van der Waals surface area contributed by atoms with Crippen molar-refractivity contribution in [2.75, 3.05) is 12.3 Å². The molecule has 1 fully saturated rings. The van der Waals surface area contributed by atoms with Gasteiger partial charge in [0.25, 0.3) is 0 Å². The number of anilines is 1. The molecule has 0 radical (unpaired) electrons. The molecule has 1 aliphatic heterocycles. The summed E-state index contributed by atoms with van der Waals surface area (Å²) in [5, 5.41) is 28.5. The highest BCUT2D eigenvalue weighted by atomic mass is 16.6. The van der Waals surface area contributed by atoms with Gasteiger partial charge >= 0.3 is 5.69 Å². The van der Waals surface area contributed by atoms with Crippen molar-refractivity contribution >= 4 is 5.82 Å². The summed E-state index contributed by atoms with van der Waals surface area (Å²) in [6.07, 6.45) is -2.58. The van der Waals surface area contributed by atoms with Gasteiger partial charge in [-0.3, -0.25) is 4.57 Å². The molecule has 0 amide bonds. The van der Waals surface area contributed by atoms with Gasteiger partial charge in [-0.15, -0.1) is 0 Å². The van der Waals surface area contributed by atoms with E-state index in [4.69, 9.17) is 15.6 Å². The van der Waals surface area contributed by atoms with E-state index in [0.29, 0.717) is 12.0 Å². The van der Waals surface area contributed by atoms with Crippen molar-refractivity contribution in [3.8, 4) is 0 Å². The van der Waals surface area contributed by atoms with Crippen LogP contribution in [0, 0.1) is 0 Å². The fourth-order valence-corrected chi connectivity index (χ4v) is 2.09. The Morgan fingerprint density at radius 1 is 1.47 bits per heavy atom. The van der Waals surface area contributed by atoms with E-state index in [2.05, 4.69) is 4.98 Å². The molecule has 0 aliphatic carbocycles. The van der Waals surface area contributed by atoms with Crippen molar-refractivity contribution in [2.24, 2.45) is 0 Å². The maximum atomic E-state index is 11.8. The fourth-order valence-electron chi connectivity index (χ4n) is 2.09. The molecule has 4 atom stereocenters. The quantitative estimate of drug-likeness (QED) is 0.500. The lowest BCUT2D eigenvalue weighted by Crippen LogP contribution is -2.36. The molecular weight excluding hydrogens is 254 g/mol. The number of hydrogen-bond donors (Lipinski definition) is 4. The topological polar surface area (TPSA) is 131 Å². The van der Waals surface area contributed by atoms with E-state index in [9.17, 15) is 15.0 Å². The first-order valence-electron chi connectivity index (χ1n) is 5.99. The van der Waals surface area contributed by atoms with Crippen LogP contribution in [0.2, 0.25) is 0 Å². The van der Waals surface area contributed by atoms with E-state index in [1.54, 1.807) is 0 Å². The molecule has 8 heteroatoms. The summed E-state index contributed by atoms with van der Waals surface area (Å²) in [7, 11) is 0. The lowest BCUT2D eigenvalue weighted by Gasteiger charge is -2.18. The Kier molecular flexibility index (Phi) is 3.85. The molecular formula is C11H17N3O5. The number of aryl methyl sites for hydroxylation is 1. The number of hydrogen-bond acceptors (Lipinski definition) is 7. The Balaban J connectivity index is 2.40. The molecule has 1 unspecified atom stereocenters. The Morgan fingerprint density at radius 3 is 2.68 bits per heavy atom. The number of nitrogens with zero attached hydrogens (tertiary/aromatic N) is 2. The lowest BCUT2D eigenvalue weighted by molar-refractivity contribution is -0.0550. The zero-order chi connectivity index (χ0) is 14.2. The van der Waals surface area contributed by atoms with Gasteiger partial charge < -0.3 is 25.8 Å². The lowest BCUT2D eigenvalue weighted by atomic mass is 10.1. The normalized spacial score (nSPS) is 30.7. The van der Waals surface area contributed by atoms with Gasteiger partial charge in [0.1, 0.15) is 24.1 Å². The first-order valence-corrected chi connectivity index (χ1v) is 5.99. The van der Waals surface area contributed by atoms with Crippen molar-refractivity contribution in [3.63, 3.8) is 0 Å².